The first-order valence-electron chi connectivity index (χ1n) is 4.66. The van der Waals surface area contributed by atoms with Crippen molar-refractivity contribution in [3.05, 3.63) is 11.9 Å². The fourth-order valence-electron chi connectivity index (χ4n) is 1.19. The van der Waals surface area contributed by atoms with Crippen molar-refractivity contribution in [3.63, 3.8) is 0 Å². The molecule has 0 spiro atoms. The predicted octanol–water partition coefficient (Wildman–Crippen LogP) is -1.68. The van der Waals surface area contributed by atoms with Crippen LogP contribution in [0.4, 0.5) is 11.6 Å². The van der Waals surface area contributed by atoms with Crippen LogP contribution in [0, 0.1) is 0 Å². The van der Waals surface area contributed by atoms with Crippen LogP contribution in [0.2, 0.25) is 0 Å². The molecule has 11 heteroatoms. The number of nitrogen functional groups attached to an aromatic ring is 1. The Morgan fingerprint density at radius 1 is 1.56 bits per heavy atom. The van der Waals surface area contributed by atoms with E-state index in [1.807, 2.05) is 0 Å². The number of carbonyl (C=O) groups is 2. The lowest BCUT2D eigenvalue weighted by Crippen LogP contribution is -2.21. The molecular formula is C7H8N8O3. The number of H-pyrrole nitrogens is 1. The Morgan fingerprint density at radius 2 is 2.33 bits per heavy atom. The number of aromatic carboxylic acids is 1. The third-order valence-electron chi connectivity index (χ3n) is 1.98. The lowest BCUT2D eigenvalue weighted by atomic mass is 10.3. The Hall–Kier alpha value is -2.98. The smallest absolute Gasteiger partial charge is 0.356 e. The molecule has 11 nitrogen and oxygen atoms in total. The van der Waals surface area contributed by atoms with Gasteiger partial charge in [-0.2, -0.15) is 5.10 Å². The largest absolute Gasteiger partial charge is 0.476 e. The number of hydrogen-bond acceptors (Lipinski definition) is 7. The first kappa shape index (κ1) is 11.5. The number of hydrogen-bond donors (Lipinski definition) is 4. The number of amides is 1. The second-order valence-electron chi connectivity index (χ2n) is 3.21. The van der Waals surface area contributed by atoms with Gasteiger partial charge in [0.05, 0.1) is 11.9 Å². The van der Waals surface area contributed by atoms with E-state index in [9.17, 15) is 9.59 Å². The van der Waals surface area contributed by atoms with Crippen molar-refractivity contribution in [2.45, 2.75) is 6.54 Å². The van der Waals surface area contributed by atoms with Crippen LogP contribution in [-0.4, -0.2) is 47.4 Å². The van der Waals surface area contributed by atoms with Crippen molar-refractivity contribution in [3.8, 4) is 0 Å². The fraction of sp³-hybridized carbons (Fsp3) is 0.143. The Morgan fingerprint density at radius 3 is 2.94 bits per heavy atom. The molecule has 0 aliphatic heterocycles. The molecule has 0 radical (unpaired) electrons. The van der Waals surface area contributed by atoms with E-state index in [0.29, 0.717) is 0 Å². The number of carbonyl (C=O) groups excluding carboxylic acids is 1. The van der Waals surface area contributed by atoms with E-state index in [4.69, 9.17) is 10.8 Å². The molecule has 0 bridgehead atoms. The molecule has 2 aromatic rings. The van der Waals surface area contributed by atoms with Gasteiger partial charge in [-0.05, 0) is 10.4 Å². The van der Waals surface area contributed by atoms with Gasteiger partial charge in [0.15, 0.2) is 5.69 Å². The molecule has 18 heavy (non-hydrogen) atoms. The average molecular weight is 252 g/mol. The first-order chi connectivity index (χ1) is 8.58. The molecule has 94 valence electrons. The van der Waals surface area contributed by atoms with E-state index in [-0.39, 0.29) is 23.9 Å². The third kappa shape index (κ3) is 2.23. The van der Waals surface area contributed by atoms with Crippen LogP contribution in [0.3, 0.4) is 0 Å². The highest BCUT2D eigenvalue weighted by Gasteiger charge is 2.15. The van der Waals surface area contributed by atoms with Crippen LogP contribution in [0.25, 0.3) is 0 Å². The summed E-state index contributed by atoms with van der Waals surface area (Å²) in [6.07, 6.45) is 1.18. The number of tetrazole rings is 1. The molecule has 2 rings (SSSR count). The highest BCUT2D eigenvalue weighted by molar-refractivity contribution is 5.98. The maximum atomic E-state index is 11.6. The fourth-order valence-corrected chi connectivity index (χ4v) is 1.19. The summed E-state index contributed by atoms with van der Waals surface area (Å²) < 4.78 is 1.07. The van der Waals surface area contributed by atoms with Gasteiger partial charge in [-0.1, -0.05) is 5.10 Å². The standard InChI is InChI=1S/C7H8N8O3/c8-7-12-13-14-15(7)2-4(16)10-3-1-9-11-5(3)6(17)18/h1H,2H2,(H,9,11)(H,10,16)(H,17,18)(H2,8,12,14). The molecule has 0 fully saturated rings. The van der Waals surface area contributed by atoms with Gasteiger partial charge >= 0.3 is 5.97 Å². The summed E-state index contributed by atoms with van der Waals surface area (Å²) in [4.78, 5) is 22.3. The van der Waals surface area contributed by atoms with Crippen molar-refractivity contribution >= 4 is 23.5 Å². The predicted molar refractivity (Wildman–Crippen MR) is 56.4 cm³/mol. The number of rotatable bonds is 4. The Bertz CT molecular complexity index is 587. The zero-order valence-corrected chi connectivity index (χ0v) is 8.86. The van der Waals surface area contributed by atoms with Gasteiger partial charge in [0, 0.05) is 0 Å². The molecule has 0 aromatic carbocycles. The minimum Gasteiger partial charge on any atom is -0.476 e. The molecule has 2 aromatic heterocycles. The van der Waals surface area contributed by atoms with E-state index in [1.165, 1.54) is 6.20 Å². The van der Waals surface area contributed by atoms with Crippen molar-refractivity contribution in [1.29, 1.82) is 0 Å². The maximum absolute atomic E-state index is 11.6. The van der Waals surface area contributed by atoms with Gasteiger partial charge in [0.2, 0.25) is 11.9 Å². The number of carboxylic acids is 1. The highest BCUT2D eigenvalue weighted by atomic mass is 16.4. The Kier molecular flexibility index (Phi) is 2.87. The second kappa shape index (κ2) is 4.48. The topological polar surface area (TPSA) is 165 Å². The molecule has 0 saturated heterocycles. The Labute approximate surface area is 99.0 Å². The molecule has 5 N–H and O–H groups in total. The molecule has 0 atom stereocenters. The van der Waals surface area contributed by atoms with Crippen LogP contribution < -0.4 is 11.1 Å². The number of aromatic amines is 1. The summed E-state index contributed by atoms with van der Waals surface area (Å²) >= 11 is 0. The van der Waals surface area contributed by atoms with Gasteiger partial charge in [-0.25, -0.2) is 9.48 Å². The summed E-state index contributed by atoms with van der Waals surface area (Å²) in [6.45, 7) is -0.233. The molecule has 0 saturated carbocycles. The monoisotopic (exact) mass is 252 g/mol. The van der Waals surface area contributed by atoms with E-state index in [0.717, 1.165) is 4.68 Å². The molecular weight excluding hydrogens is 244 g/mol. The van der Waals surface area contributed by atoms with Gasteiger partial charge in [-0.3, -0.25) is 9.89 Å². The van der Waals surface area contributed by atoms with Crippen LogP contribution in [0.5, 0.6) is 0 Å². The summed E-state index contributed by atoms with van der Waals surface area (Å²) in [5.41, 5.74) is 5.21. The minimum atomic E-state index is -1.23. The van der Waals surface area contributed by atoms with Crippen molar-refractivity contribution in [1.82, 2.24) is 30.4 Å². The summed E-state index contributed by atoms with van der Waals surface area (Å²) in [5, 5.41) is 27.0. The van der Waals surface area contributed by atoms with Crippen LogP contribution >= 0.6 is 0 Å². The maximum Gasteiger partial charge on any atom is 0.356 e. The summed E-state index contributed by atoms with van der Waals surface area (Å²) in [6, 6.07) is 0. The lowest BCUT2D eigenvalue weighted by Gasteiger charge is -2.03. The number of anilines is 2. The van der Waals surface area contributed by atoms with Gasteiger partial charge < -0.3 is 16.2 Å². The van der Waals surface area contributed by atoms with E-state index in [2.05, 4.69) is 31.0 Å². The molecule has 0 aliphatic carbocycles. The molecule has 2 heterocycles. The molecule has 0 unspecified atom stereocenters. The lowest BCUT2D eigenvalue weighted by molar-refractivity contribution is -0.116. The SMILES string of the molecule is Nc1nnnn1CC(=O)Nc1cn[nH]c1C(=O)O. The Balaban J connectivity index is 2.06. The average Bonchev–Trinajstić information content (AvgIpc) is 2.89. The van der Waals surface area contributed by atoms with Crippen LogP contribution in [0.15, 0.2) is 6.20 Å². The van der Waals surface area contributed by atoms with E-state index < -0.39 is 11.9 Å². The highest BCUT2D eigenvalue weighted by Crippen LogP contribution is 2.11. The molecule has 0 aliphatic rings. The summed E-state index contributed by atoms with van der Waals surface area (Å²) in [7, 11) is 0. The van der Waals surface area contributed by atoms with Crippen LogP contribution in [0.1, 0.15) is 10.5 Å². The van der Waals surface area contributed by atoms with Crippen molar-refractivity contribution in [2.24, 2.45) is 0 Å². The van der Waals surface area contributed by atoms with Gasteiger partial charge in [0.1, 0.15) is 6.54 Å². The number of carboxylic acid groups (broad SMARTS) is 1. The summed E-state index contributed by atoms with van der Waals surface area (Å²) in [5.74, 6) is -1.78. The zero-order valence-electron chi connectivity index (χ0n) is 8.86. The number of nitrogens with zero attached hydrogens (tertiary/aromatic N) is 5. The van der Waals surface area contributed by atoms with Gasteiger partial charge in [-0.15, -0.1) is 0 Å². The van der Waals surface area contributed by atoms with E-state index >= 15 is 0 Å². The van der Waals surface area contributed by atoms with Crippen molar-refractivity contribution < 1.29 is 14.7 Å². The number of aromatic nitrogens is 6. The van der Waals surface area contributed by atoms with Crippen LogP contribution in [-0.2, 0) is 11.3 Å². The van der Waals surface area contributed by atoms with Crippen molar-refractivity contribution in [2.75, 3.05) is 11.1 Å². The second-order valence-corrected chi connectivity index (χ2v) is 3.21. The third-order valence-corrected chi connectivity index (χ3v) is 1.98. The first-order valence-corrected chi connectivity index (χ1v) is 4.66. The zero-order chi connectivity index (χ0) is 13.1. The normalized spacial score (nSPS) is 10.2. The minimum absolute atomic E-state index is 0.0178. The quantitative estimate of drug-likeness (QED) is 0.500. The number of nitrogens with two attached hydrogens (primary N) is 1. The number of nitrogens with one attached hydrogen (secondary N) is 2. The molecule has 1 amide bonds. The van der Waals surface area contributed by atoms with E-state index in [1.54, 1.807) is 0 Å². The van der Waals surface area contributed by atoms with Gasteiger partial charge in [0.25, 0.3) is 0 Å².